The Morgan fingerprint density at radius 1 is 1.53 bits per heavy atom. The largest absolute Gasteiger partial charge is 0.353 e. The number of halogens is 1. The van der Waals surface area contributed by atoms with Crippen LogP contribution >= 0.6 is 0 Å². The SMILES string of the molecule is CC1C(=O)NCCN1C(=O)C=Cc1cccc(F)c1. The summed E-state index contributed by atoms with van der Waals surface area (Å²) in [5, 5.41) is 2.69. The first-order chi connectivity index (χ1) is 9.08. The maximum absolute atomic E-state index is 13.0. The van der Waals surface area contributed by atoms with E-state index in [-0.39, 0.29) is 17.6 Å². The van der Waals surface area contributed by atoms with E-state index in [1.807, 2.05) is 0 Å². The molecule has 2 amide bonds. The van der Waals surface area contributed by atoms with E-state index in [0.29, 0.717) is 18.7 Å². The van der Waals surface area contributed by atoms with Crippen molar-refractivity contribution in [3.05, 3.63) is 41.7 Å². The quantitative estimate of drug-likeness (QED) is 0.814. The minimum Gasteiger partial charge on any atom is -0.353 e. The van der Waals surface area contributed by atoms with E-state index in [4.69, 9.17) is 0 Å². The van der Waals surface area contributed by atoms with E-state index in [0.717, 1.165) is 0 Å². The molecular formula is C14H15FN2O2. The molecule has 1 saturated heterocycles. The fourth-order valence-electron chi connectivity index (χ4n) is 1.96. The van der Waals surface area contributed by atoms with Crippen molar-refractivity contribution in [2.24, 2.45) is 0 Å². The summed E-state index contributed by atoms with van der Waals surface area (Å²) in [7, 11) is 0. The molecule has 1 aromatic carbocycles. The van der Waals surface area contributed by atoms with Crippen molar-refractivity contribution in [2.75, 3.05) is 13.1 Å². The maximum atomic E-state index is 13.0. The molecule has 1 aliphatic heterocycles. The van der Waals surface area contributed by atoms with Crippen molar-refractivity contribution in [1.82, 2.24) is 10.2 Å². The average Bonchev–Trinajstić information content (AvgIpc) is 2.39. The number of benzene rings is 1. The molecule has 4 nitrogen and oxygen atoms in total. The lowest BCUT2D eigenvalue weighted by atomic mass is 10.1. The first-order valence-corrected chi connectivity index (χ1v) is 6.10. The molecule has 100 valence electrons. The highest BCUT2D eigenvalue weighted by Gasteiger charge is 2.27. The molecule has 1 N–H and O–H groups in total. The summed E-state index contributed by atoms with van der Waals surface area (Å²) in [5.41, 5.74) is 0.613. The summed E-state index contributed by atoms with van der Waals surface area (Å²) in [6.07, 6.45) is 2.91. The van der Waals surface area contributed by atoms with Crippen LogP contribution in [0.15, 0.2) is 30.3 Å². The van der Waals surface area contributed by atoms with E-state index in [9.17, 15) is 14.0 Å². The lowest BCUT2D eigenvalue weighted by molar-refractivity contribution is -0.139. The molecule has 0 aliphatic carbocycles. The van der Waals surface area contributed by atoms with Gasteiger partial charge in [0.1, 0.15) is 11.9 Å². The van der Waals surface area contributed by atoms with Crippen LogP contribution in [0.4, 0.5) is 4.39 Å². The Morgan fingerprint density at radius 2 is 2.32 bits per heavy atom. The van der Waals surface area contributed by atoms with Gasteiger partial charge in [-0.15, -0.1) is 0 Å². The standard InChI is InChI=1S/C14H15FN2O2/c1-10-14(19)16-7-8-17(10)13(18)6-5-11-3-2-4-12(15)9-11/h2-6,9-10H,7-8H2,1H3,(H,16,19). The highest BCUT2D eigenvalue weighted by Crippen LogP contribution is 2.08. The van der Waals surface area contributed by atoms with E-state index in [2.05, 4.69) is 5.32 Å². The smallest absolute Gasteiger partial charge is 0.247 e. The molecule has 1 aliphatic rings. The summed E-state index contributed by atoms with van der Waals surface area (Å²) >= 11 is 0. The molecule has 1 fully saturated rings. The van der Waals surface area contributed by atoms with Crippen LogP contribution in [0.25, 0.3) is 6.08 Å². The average molecular weight is 262 g/mol. The summed E-state index contributed by atoms with van der Waals surface area (Å²) in [6, 6.07) is 5.50. The van der Waals surface area contributed by atoms with Crippen LogP contribution in [0.2, 0.25) is 0 Å². The van der Waals surface area contributed by atoms with E-state index in [1.54, 1.807) is 25.1 Å². The number of nitrogens with zero attached hydrogens (tertiary/aromatic N) is 1. The van der Waals surface area contributed by atoms with Gasteiger partial charge in [-0.1, -0.05) is 12.1 Å². The third-order valence-electron chi connectivity index (χ3n) is 3.05. The third kappa shape index (κ3) is 3.19. The molecule has 5 heteroatoms. The predicted molar refractivity (Wildman–Crippen MR) is 69.6 cm³/mol. The Hall–Kier alpha value is -2.17. The number of nitrogens with one attached hydrogen (secondary N) is 1. The lowest BCUT2D eigenvalue weighted by Gasteiger charge is -2.31. The monoisotopic (exact) mass is 262 g/mol. The van der Waals surface area contributed by atoms with Gasteiger partial charge in [0.2, 0.25) is 11.8 Å². The number of hydrogen-bond donors (Lipinski definition) is 1. The van der Waals surface area contributed by atoms with Gasteiger partial charge >= 0.3 is 0 Å². The first-order valence-electron chi connectivity index (χ1n) is 6.10. The Labute approximate surface area is 110 Å². The number of carbonyl (C=O) groups excluding carboxylic acids is 2. The van der Waals surface area contributed by atoms with Crippen molar-refractivity contribution in [3.8, 4) is 0 Å². The number of amides is 2. The topological polar surface area (TPSA) is 49.4 Å². The predicted octanol–water partition coefficient (Wildman–Crippen LogP) is 1.19. The van der Waals surface area contributed by atoms with Crippen LogP contribution in [0.5, 0.6) is 0 Å². The van der Waals surface area contributed by atoms with E-state index in [1.165, 1.54) is 23.1 Å². The Morgan fingerprint density at radius 3 is 3.05 bits per heavy atom. The van der Waals surface area contributed by atoms with Gasteiger partial charge in [0.15, 0.2) is 0 Å². The fraction of sp³-hybridized carbons (Fsp3) is 0.286. The zero-order chi connectivity index (χ0) is 13.8. The lowest BCUT2D eigenvalue weighted by Crippen LogP contribution is -2.55. The van der Waals surface area contributed by atoms with Crippen molar-refractivity contribution in [2.45, 2.75) is 13.0 Å². The van der Waals surface area contributed by atoms with Crippen LogP contribution in [0.3, 0.4) is 0 Å². The zero-order valence-electron chi connectivity index (χ0n) is 10.6. The number of rotatable bonds is 2. The fourth-order valence-corrected chi connectivity index (χ4v) is 1.96. The Bertz CT molecular complexity index is 528. The van der Waals surface area contributed by atoms with Gasteiger partial charge in [-0.3, -0.25) is 9.59 Å². The van der Waals surface area contributed by atoms with Crippen LogP contribution in [-0.2, 0) is 9.59 Å². The third-order valence-corrected chi connectivity index (χ3v) is 3.05. The molecule has 0 aromatic heterocycles. The highest BCUT2D eigenvalue weighted by molar-refractivity contribution is 5.96. The zero-order valence-corrected chi connectivity index (χ0v) is 10.6. The van der Waals surface area contributed by atoms with Gasteiger partial charge in [0.05, 0.1) is 0 Å². The van der Waals surface area contributed by atoms with Crippen molar-refractivity contribution >= 4 is 17.9 Å². The summed E-state index contributed by atoms with van der Waals surface area (Å²) in [5.74, 6) is -0.745. The van der Waals surface area contributed by atoms with Gasteiger partial charge in [-0.25, -0.2) is 4.39 Å². The van der Waals surface area contributed by atoms with Crippen LogP contribution in [0, 0.1) is 5.82 Å². The molecule has 1 unspecified atom stereocenters. The van der Waals surface area contributed by atoms with Crippen LogP contribution < -0.4 is 5.32 Å². The normalized spacial score (nSPS) is 19.6. The number of carbonyl (C=O) groups is 2. The first kappa shape index (κ1) is 13.3. The van der Waals surface area contributed by atoms with Gasteiger partial charge in [-0.2, -0.15) is 0 Å². The molecule has 1 aromatic rings. The van der Waals surface area contributed by atoms with Gasteiger partial charge in [0.25, 0.3) is 0 Å². The molecule has 0 spiro atoms. The van der Waals surface area contributed by atoms with E-state index < -0.39 is 6.04 Å². The number of piperazine rings is 1. The van der Waals surface area contributed by atoms with Crippen molar-refractivity contribution in [3.63, 3.8) is 0 Å². The molecule has 0 radical (unpaired) electrons. The summed E-state index contributed by atoms with van der Waals surface area (Å²) < 4.78 is 13.0. The van der Waals surface area contributed by atoms with Gasteiger partial charge in [-0.05, 0) is 30.7 Å². The minimum atomic E-state index is -0.474. The minimum absolute atomic E-state index is 0.154. The van der Waals surface area contributed by atoms with Gasteiger partial charge < -0.3 is 10.2 Å². The Balaban J connectivity index is 2.06. The highest BCUT2D eigenvalue weighted by atomic mass is 19.1. The second-order valence-electron chi connectivity index (χ2n) is 4.39. The van der Waals surface area contributed by atoms with E-state index >= 15 is 0 Å². The maximum Gasteiger partial charge on any atom is 0.247 e. The molecule has 0 saturated carbocycles. The molecule has 1 atom stereocenters. The molecule has 2 rings (SSSR count). The second kappa shape index (κ2) is 5.65. The molecule has 0 bridgehead atoms. The van der Waals surface area contributed by atoms with Crippen molar-refractivity contribution < 1.29 is 14.0 Å². The van der Waals surface area contributed by atoms with Gasteiger partial charge in [0, 0.05) is 19.2 Å². The Kier molecular flexibility index (Phi) is 3.94. The molecule has 19 heavy (non-hydrogen) atoms. The second-order valence-corrected chi connectivity index (χ2v) is 4.39. The molecule has 1 heterocycles. The van der Waals surface area contributed by atoms with Crippen LogP contribution in [0.1, 0.15) is 12.5 Å². The summed E-state index contributed by atoms with van der Waals surface area (Å²) in [4.78, 5) is 24.9. The van der Waals surface area contributed by atoms with Crippen LogP contribution in [-0.4, -0.2) is 35.8 Å². The van der Waals surface area contributed by atoms with Crippen molar-refractivity contribution in [1.29, 1.82) is 0 Å². The summed E-state index contributed by atoms with van der Waals surface area (Å²) in [6.45, 7) is 2.63. The number of hydrogen-bond acceptors (Lipinski definition) is 2. The molecular weight excluding hydrogens is 247 g/mol.